The molecule has 0 radical (unpaired) electrons. The number of aliphatic imine (C=N–C) groups is 1. The third-order valence-electron chi connectivity index (χ3n) is 5.25. The summed E-state index contributed by atoms with van der Waals surface area (Å²) < 4.78 is 10.5. The molecule has 1 heterocycles. The molecular formula is C23H25N3O4S. The predicted octanol–water partition coefficient (Wildman–Crippen LogP) is 4.13. The fraction of sp³-hybridized carbons (Fsp3) is 0.348. The van der Waals surface area contributed by atoms with Crippen molar-refractivity contribution >= 4 is 40.1 Å². The minimum absolute atomic E-state index is 0.0395. The SMILES string of the molecule is COc1ccc(NC(=O)CC2SC(=Nc3ccccc3C)N(C3CC3)C2=O)cc1OC. The van der Waals surface area contributed by atoms with Crippen LogP contribution in [0.3, 0.4) is 0 Å². The van der Waals surface area contributed by atoms with E-state index >= 15 is 0 Å². The van der Waals surface area contributed by atoms with Crippen molar-refractivity contribution in [3.63, 3.8) is 0 Å². The van der Waals surface area contributed by atoms with E-state index in [0.29, 0.717) is 22.4 Å². The highest BCUT2D eigenvalue weighted by Gasteiger charge is 2.46. The summed E-state index contributed by atoms with van der Waals surface area (Å²) in [4.78, 5) is 32.3. The number of hydrogen-bond acceptors (Lipinski definition) is 6. The van der Waals surface area contributed by atoms with Crippen molar-refractivity contribution in [1.29, 1.82) is 0 Å². The van der Waals surface area contributed by atoms with Crippen LogP contribution in [0.5, 0.6) is 11.5 Å². The molecule has 7 nitrogen and oxygen atoms in total. The summed E-state index contributed by atoms with van der Waals surface area (Å²) in [5.74, 6) is 0.839. The van der Waals surface area contributed by atoms with Crippen LogP contribution in [0.15, 0.2) is 47.5 Å². The third-order valence-corrected chi connectivity index (χ3v) is 6.40. The summed E-state index contributed by atoms with van der Waals surface area (Å²) >= 11 is 1.37. The maximum Gasteiger partial charge on any atom is 0.242 e. The molecule has 4 rings (SSSR count). The zero-order valence-corrected chi connectivity index (χ0v) is 18.6. The van der Waals surface area contributed by atoms with E-state index in [0.717, 1.165) is 24.1 Å². The molecule has 0 spiro atoms. The lowest BCUT2D eigenvalue weighted by molar-refractivity contribution is -0.128. The Morgan fingerprint density at radius 1 is 1.16 bits per heavy atom. The normalized spacial score (nSPS) is 19.6. The molecule has 1 saturated carbocycles. The van der Waals surface area contributed by atoms with E-state index in [-0.39, 0.29) is 24.3 Å². The average molecular weight is 440 g/mol. The summed E-state index contributed by atoms with van der Waals surface area (Å²) in [5.41, 5.74) is 2.48. The molecule has 1 aliphatic heterocycles. The quantitative estimate of drug-likeness (QED) is 0.702. The van der Waals surface area contributed by atoms with E-state index < -0.39 is 5.25 Å². The van der Waals surface area contributed by atoms with E-state index in [1.807, 2.05) is 31.2 Å². The second-order valence-corrected chi connectivity index (χ2v) is 8.72. The number of benzene rings is 2. The van der Waals surface area contributed by atoms with Crippen molar-refractivity contribution < 1.29 is 19.1 Å². The first-order valence-electron chi connectivity index (χ1n) is 10.2. The first-order chi connectivity index (χ1) is 15.0. The largest absolute Gasteiger partial charge is 0.493 e. The van der Waals surface area contributed by atoms with Gasteiger partial charge in [-0.1, -0.05) is 30.0 Å². The van der Waals surface area contributed by atoms with Crippen LogP contribution in [0.25, 0.3) is 0 Å². The minimum Gasteiger partial charge on any atom is -0.493 e. The van der Waals surface area contributed by atoms with Crippen LogP contribution in [-0.2, 0) is 9.59 Å². The van der Waals surface area contributed by atoms with Crippen molar-refractivity contribution in [1.82, 2.24) is 4.90 Å². The molecule has 2 fully saturated rings. The van der Waals surface area contributed by atoms with Gasteiger partial charge in [0.1, 0.15) is 5.25 Å². The van der Waals surface area contributed by atoms with Gasteiger partial charge in [0.05, 0.1) is 19.9 Å². The first-order valence-corrected chi connectivity index (χ1v) is 11.0. The number of hydrogen-bond donors (Lipinski definition) is 1. The maximum atomic E-state index is 13.1. The van der Waals surface area contributed by atoms with E-state index in [1.165, 1.54) is 11.8 Å². The standard InChI is InChI=1S/C23H25N3O4S/c1-14-6-4-5-7-17(14)25-23-26(16-9-10-16)22(28)20(31-23)13-21(27)24-15-8-11-18(29-2)19(12-15)30-3/h4-8,11-12,16,20H,9-10,13H2,1-3H3,(H,24,27). The highest BCUT2D eigenvalue weighted by atomic mass is 32.2. The van der Waals surface area contributed by atoms with E-state index in [1.54, 1.807) is 37.3 Å². The molecule has 2 aromatic carbocycles. The van der Waals surface area contributed by atoms with Crippen molar-refractivity contribution in [2.45, 2.75) is 37.5 Å². The van der Waals surface area contributed by atoms with Crippen molar-refractivity contribution in [3.8, 4) is 11.5 Å². The van der Waals surface area contributed by atoms with Gasteiger partial charge in [-0.15, -0.1) is 0 Å². The second kappa shape index (κ2) is 9.01. The smallest absolute Gasteiger partial charge is 0.242 e. The molecule has 2 amide bonds. The number of nitrogens with zero attached hydrogens (tertiary/aromatic N) is 2. The molecule has 8 heteroatoms. The summed E-state index contributed by atoms with van der Waals surface area (Å²) in [7, 11) is 3.10. The monoisotopic (exact) mass is 439 g/mol. The van der Waals surface area contributed by atoms with Gasteiger partial charge in [-0.2, -0.15) is 0 Å². The molecule has 0 bridgehead atoms. The van der Waals surface area contributed by atoms with Gasteiger partial charge in [0.25, 0.3) is 0 Å². The topological polar surface area (TPSA) is 80.2 Å². The number of ether oxygens (including phenoxy) is 2. The van der Waals surface area contributed by atoms with Crippen LogP contribution in [0.1, 0.15) is 24.8 Å². The predicted molar refractivity (Wildman–Crippen MR) is 122 cm³/mol. The van der Waals surface area contributed by atoms with Crippen molar-refractivity contribution in [2.24, 2.45) is 4.99 Å². The molecule has 1 N–H and O–H groups in total. The van der Waals surface area contributed by atoms with Gasteiger partial charge < -0.3 is 14.8 Å². The number of methoxy groups -OCH3 is 2. The molecule has 2 aromatic rings. The van der Waals surface area contributed by atoms with Gasteiger partial charge in [0, 0.05) is 24.2 Å². The third kappa shape index (κ3) is 4.69. The Kier molecular flexibility index (Phi) is 6.18. The molecule has 0 aromatic heterocycles. The lowest BCUT2D eigenvalue weighted by atomic mass is 10.2. The zero-order chi connectivity index (χ0) is 22.0. The van der Waals surface area contributed by atoms with Gasteiger partial charge in [-0.05, 0) is 43.5 Å². The lowest BCUT2D eigenvalue weighted by Crippen LogP contribution is -2.35. The number of thioether (sulfide) groups is 1. The first kappa shape index (κ1) is 21.2. The number of aryl methyl sites for hydroxylation is 1. The van der Waals surface area contributed by atoms with Crippen LogP contribution in [0.2, 0.25) is 0 Å². The van der Waals surface area contributed by atoms with E-state index in [9.17, 15) is 9.59 Å². The number of amides is 2. The number of para-hydroxylation sites is 1. The fourth-order valence-corrected chi connectivity index (χ4v) is 4.66. The highest BCUT2D eigenvalue weighted by Crippen LogP contribution is 2.40. The van der Waals surface area contributed by atoms with Crippen molar-refractivity contribution in [3.05, 3.63) is 48.0 Å². The Hall–Kier alpha value is -3.00. The van der Waals surface area contributed by atoms with Gasteiger partial charge in [0.15, 0.2) is 16.7 Å². The second-order valence-electron chi connectivity index (χ2n) is 7.55. The number of rotatable bonds is 7. The number of anilines is 1. The average Bonchev–Trinajstić information content (AvgIpc) is 3.55. The molecule has 1 saturated heterocycles. The van der Waals surface area contributed by atoms with Gasteiger partial charge >= 0.3 is 0 Å². The van der Waals surface area contributed by atoms with Crippen LogP contribution >= 0.6 is 11.8 Å². The van der Waals surface area contributed by atoms with E-state index in [4.69, 9.17) is 14.5 Å². The summed E-state index contributed by atoms with van der Waals surface area (Å²) in [5, 5.41) is 3.05. The molecule has 1 atom stereocenters. The zero-order valence-electron chi connectivity index (χ0n) is 17.8. The number of carbonyl (C=O) groups is 2. The van der Waals surface area contributed by atoms with Crippen LogP contribution in [-0.4, -0.2) is 47.4 Å². The Bertz CT molecular complexity index is 1040. The van der Waals surface area contributed by atoms with Crippen LogP contribution in [0.4, 0.5) is 11.4 Å². The van der Waals surface area contributed by atoms with Gasteiger partial charge in [-0.3, -0.25) is 14.5 Å². The lowest BCUT2D eigenvalue weighted by Gasteiger charge is -2.15. The van der Waals surface area contributed by atoms with Crippen molar-refractivity contribution in [2.75, 3.05) is 19.5 Å². The molecular weight excluding hydrogens is 414 g/mol. The Balaban J connectivity index is 1.48. The Labute approximate surface area is 185 Å². The van der Waals surface area contributed by atoms with E-state index in [2.05, 4.69) is 5.32 Å². The highest BCUT2D eigenvalue weighted by molar-refractivity contribution is 8.15. The fourth-order valence-electron chi connectivity index (χ4n) is 3.45. The molecule has 1 aliphatic carbocycles. The van der Waals surface area contributed by atoms with Gasteiger partial charge in [0.2, 0.25) is 11.8 Å². The Morgan fingerprint density at radius 2 is 1.90 bits per heavy atom. The minimum atomic E-state index is -0.483. The number of amidine groups is 1. The maximum absolute atomic E-state index is 13.1. The summed E-state index contributed by atoms with van der Waals surface area (Å²) in [6.07, 6.45) is 2.03. The molecule has 162 valence electrons. The van der Waals surface area contributed by atoms with Crippen LogP contribution < -0.4 is 14.8 Å². The summed E-state index contributed by atoms with van der Waals surface area (Å²) in [6, 6.07) is 13.2. The summed E-state index contributed by atoms with van der Waals surface area (Å²) in [6.45, 7) is 2.00. The number of nitrogens with one attached hydrogen (secondary N) is 1. The van der Waals surface area contributed by atoms with Crippen LogP contribution in [0, 0.1) is 6.92 Å². The molecule has 1 unspecified atom stereocenters. The van der Waals surface area contributed by atoms with Gasteiger partial charge in [-0.25, -0.2) is 4.99 Å². The molecule has 2 aliphatic rings. The molecule has 31 heavy (non-hydrogen) atoms. The number of carbonyl (C=O) groups excluding carboxylic acids is 2. The Morgan fingerprint density at radius 3 is 2.58 bits per heavy atom.